The average molecular weight is 211 g/mol. The number of halogens is 1. The Balaban J connectivity index is 1.98. The Morgan fingerprint density at radius 1 is 1.43 bits per heavy atom. The summed E-state index contributed by atoms with van der Waals surface area (Å²) in [4.78, 5) is 7.73. The van der Waals surface area contributed by atoms with Crippen LogP contribution in [-0.2, 0) is 6.54 Å². The van der Waals surface area contributed by atoms with E-state index in [9.17, 15) is 0 Å². The van der Waals surface area contributed by atoms with Crippen molar-refractivity contribution in [3.8, 4) is 0 Å². The molecule has 2 heterocycles. The molecule has 0 fully saturated rings. The molecule has 2 aromatic rings. The average Bonchev–Trinajstić information content (AvgIpc) is 2.67. The van der Waals surface area contributed by atoms with Gasteiger partial charge < -0.3 is 9.84 Å². The molecule has 0 atom stereocenters. The Kier molecular flexibility index (Phi) is 2.60. The van der Waals surface area contributed by atoms with Crippen molar-refractivity contribution in [1.82, 2.24) is 15.1 Å². The highest BCUT2D eigenvalue weighted by molar-refractivity contribution is 6.29. The van der Waals surface area contributed by atoms with Gasteiger partial charge in [-0.2, -0.15) is 0 Å². The van der Waals surface area contributed by atoms with E-state index in [-0.39, 0.29) is 0 Å². The molecule has 6 heteroatoms. The first-order chi connectivity index (χ1) is 6.84. The van der Waals surface area contributed by atoms with Crippen LogP contribution in [0.15, 0.2) is 29.2 Å². The lowest BCUT2D eigenvalue weighted by atomic mass is 10.4. The molecule has 0 aromatic carbocycles. The minimum atomic E-state index is 0.403. The van der Waals surface area contributed by atoms with E-state index in [0.717, 1.165) is 5.76 Å². The van der Waals surface area contributed by atoms with Crippen molar-refractivity contribution in [1.29, 1.82) is 0 Å². The third-order valence-corrected chi connectivity index (χ3v) is 1.78. The molecule has 1 N–H and O–H groups in total. The Morgan fingerprint density at radius 3 is 3.07 bits per heavy atom. The van der Waals surface area contributed by atoms with Crippen LogP contribution in [0.4, 0.5) is 5.82 Å². The van der Waals surface area contributed by atoms with Crippen molar-refractivity contribution < 1.29 is 4.52 Å². The fraction of sp³-hybridized carbons (Fsp3) is 0.125. The first-order valence-corrected chi connectivity index (χ1v) is 4.33. The van der Waals surface area contributed by atoms with Gasteiger partial charge in [-0.05, 0) is 0 Å². The first kappa shape index (κ1) is 8.96. The van der Waals surface area contributed by atoms with Gasteiger partial charge in [0.05, 0.1) is 12.7 Å². The number of anilines is 1. The molecule has 14 heavy (non-hydrogen) atoms. The van der Waals surface area contributed by atoms with Crippen LogP contribution in [0.1, 0.15) is 5.76 Å². The van der Waals surface area contributed by atoms with Crippen LogP contribution in [0.3, 0.4) is 0 Å². The second-order valence-corrected chi connectivity index (χ2v) is 2.95. The highest BCUT2D eigenvalue weighted by Crippen LogP contribution is 2.09. The smallest absolute Gasteiger partial charge is 0.155 e. The van der Waals surface area contributed by atoms with Crippen LogP contribution >= 0.6 is 11.6 Å². The van der Waals surface area contributed by atoms with Crippen molar-refractivity contribution in [2.24, 2.45) is 0 Å². The lowest BCUT2D eigenvalue weighted by molar-refractivity contribution is 0.388. The van der Waals surface area contributed by atoms with E-state index in [2.05, 4.69) is 20.4 Å². The molecule has 0 amide bonds. The van der Waals surface area contributed by atoms with Crippen molar-refractivity contribution in [3.63, 3.8) is 0 Å². The molecular weight excluding hydrogens is 204 g/mol. The molecule has 0 spiro atoms. The molecule has 0 aliphatic carbocycles. The minimum absolute atomic E-state index is 0.403. The third-order valence-electron chi connectivity index (χ3n) is 1.57. The zero-order valence-electron chi connectivity index (χ0n) is 7.14. The van der Waals surface area contributed by atoms with Gasteiger partial charge in [0, 0.05) is 12.1 Å². The van der Waals surface area contributed by atoms with Crippen LogP contribution in [0.5, 0.6) is 0 Å². The first-order valence-electron chi connectivity index (χ1n) is 3.95. The number of hydrogen-bond donors (Lipinski definition) is 1. The number of rotatable bonds is 3. The van der Waals surface area contributed by atoms with Gasteiger partial charge in [-0.3, -0.25) is 0 Å². The molecule has 0 radical (unpaired) electrons. The van der Waals surface area contributed by atoms with Gasteiger partial charge in [-0.1, -0.05) is 16.8 Å². The SMILES string of the molecule is Clc1cc(NCc2ccno2)ncn1. The summed E-state index contributed by atoms with van der Waals surface area (Å²) in [5.74, 6) is 1.39. The maximum atomic E-state index is 5.68. The normalized spacial score (nSPS) is 10.1. The molecule has 2 aromatic heterocycles. The van der Waals surface area contributed by atoms with Crippen molar-refractivity contribution in [2.45, 2.75) is 6.54 Å². The standard InChI is InChI=1S/C8H7ClN4O/c9-7-3-8(12-5-11-7)10-4-6-1-2-13-14-6/h1-3,5H,4H2,(H,10,11,12). The summed E-state index contributed by atoms with van der Waals surface area (Å²) in [6, 6.07) is 3.41. The third kappa shape index (κ3) is 2.20. The maximum absolute atomic E-state index is 5.68. The van der Waals surface area contributed by atoms with Gasteiger partial charge in [-0.15, -0.1) is 0 Å². The van der Waals surface area contributed by atoms with E-state index in [1.165, 1.54) is 6.33 Å². The van der Waals surface area contributed by atoms with Gasteiger partial charge in [0.1, 0.15) is 17.3 Å². The molecule has 5 nitrogen and oxygen atoms in total. The van der Waals surface area contributed by atoms with E-state index >= 15 is 0 Å². The topological polar surface area (TPSA) is 63.8 Å². The van der Waals surface area contributed by atoms with E-state index in [1.54, 1.807) is 18.3 Å². The zero-order valence-corrected chi connectivity index (χ0v) is 7.90. The fourth-order valence-corrected chi connectivity index (χ4v) is 1.09. The largest absolute Gasteiger partial charge is 0.363 e. The Bertz CT molecular complexity index is 403. The second kappa shape index (κ2) is 4.06. The van der Waals surface area contributed by atoms with Gasteiger partial charge in [0.25, 0.3) is 0 Å². The number of aromatic nitrogens is 3. The monoisotopic (exact) mass is 210 g/mol. The van der Waals surface area contributed by atoms with Gasteiger partial charge in [0.15, 0.2) is 5.76 Å². The molecular formula is C8H7ClN4O. The van der Waals surface area contributed by atoms with Crippen LogP contribution in [0.2, 0.25) is 5.15 Å². The van der Waals surface area contributed by atoms with Crippen LogP contribution in [0.25, 0.3) is 0 Å². The van der Waals surface area contributed by atoms with Gasteiger partial charge in [-0.25, -0.2) is 9.97 Å². The summed E-state index contributed by atoms with van der Waals surface area (Å²) in [7, 11) is 0. The summed E-state index contributed by atoms with van der Waals surface area (Å²) in [5.41, 5.74) is 0. The van der Waals surface area contributed by atoms with Crippen molar-refractivity contribution >= 4 is 17.4 Å². The Hall–Kier alpha value is -1.62. The van der Waals surface area contributed by atoms with Crippen LogP contribution in [0, 0.1) is 0 Å². The van der Waals surface area contributed by atoms with Gasteiger partial charge >= 0.3 is 0 Å². The molecule has 72 valence electrons. The number of nitrogens with one attached hydrogen (secondary N) is 1. The predicted molar refractivity (Wildman–Crippen MR) is 50.9 cm³/mol. The molecule has 0 aliphatic heterocycles. The van der Waals surface area contributed by atoms with E-state index in [1.807, 2.05) is 0 Å². The van der Waals surface area contributed by atoms with Crippen LogP contribution < -0.4 is 5.32 Å². The zero-order chi connectivity index (χ0) is 9.80. The van der Waals surface area contributed by atoms with E-state index in [0.29, 0.717) is 17.5 Å². The van der Waals surface area contributed by atoms with Crippen molar-refractivity contribution in [3.05, 3.63) is 35.6 Å². The Labute approximate surface area is 85.1 Å². The summed E-state index contributed by atoms with van der Waals surface area (Å²) >= 11 is 5.68. The van der Waals surface area contributed by atoms with Crippen LogP contribution in [-0.4, -0.2) is 15.1 Å². The number of nitrogens with zero attached hydrogens (tertiary/aromatic N) is 3. The molecule has 2 rings (SSSR count). The summed E-state index contributed by atoms with van der Waals surface area (Å²) in [5, 5.41) is 7.00. The molecule has 0 unspecified atom stereocenters. The fourth-order valence-electron chi connectivity index (χ4n) is 0.941. The minimum Gasteiger partial charge on any atom is -0.363 e. The van der Waals surface area contributed by atoms with Crippen molar-refractivity contribution in [2.75, 3.05) is 5.32 Å². The van der Waals surface area contributed by atoms with Gasteiger partial charge in [0.2, 0.25) is 0 Å². The lowest BCUT2D eigenvalue weighted by Crippen LogP contribution is -2.00. The lowest BCUT2D eigenvalue weighted by Gasteiger charge is -2.01. The second-order valence-electron chi connectivity index (χ2n) is 2.56. The predicted octanol–water partition coefficient (Wildman–Crippen LogP) is 1.73. The summed E-state index contributed by atoms with van der Waals surface area (Å²) in [6.45, 7) is 0.521. The quantitative estimate of drug-likeness (QED) is 0.782. The molecule has 0 aliphatic rings. The molecule has 0 bridgehead atoms. The molecule has 0 saturated heterocycles. The maximum Gasteiger partial charge on any atom is 0.155 e. The summed E-state index contributed by atoms with van der Waals surface area (Å²) in [6.07, 6.45) is 2.98. The van der Waals surface area contributed by atoms with E-state index < -0.39 is 0 Å². The highest BCUT2D eigenvalue weighted by atomic mass is 35.5. The highest BCUT2D eigenvalue weighted by Gasteiger charge is 1.98. The van der Waals surface area contributed by atoms with E-state index in [4.69, 9.17) is 16.1 Å². The number of hydrogen-bond acceptors (Lipinski definition) is 5. The summed E-state index contributed by atoms with van der Waals surface area (Å²) < 4.78 is 4.90. The molecule has 0 saturated carbocycles. The Morgan fingerprint density at radius 2 is 2.36 bits per heavy atom.